The second-order valence-electron chi connectivity index (χ2n) is 6.04. The molecule has 29 heavy (non-hydrogen) atoms. The van der Waals surface area contributed by atoms with Gasteiger partial charge in [-0.05, 0) is 30.5 Å². The number of carbonyl (C=O) groups is 2. The molecule has 0 aliphatic heterocycles. The molecular weight excluding hydrogens is 384 g/mol. The van der Waals surface area contributed by atoms with Gasteiger partial charge >= 0.3 is 18.1 Å². The summed E-state index contributed by atoms with van der Waals surface area (Å²) in [5.41, 5.74) is 0.512. The van der Waals surface area contributed by atoms with Crippen molar-refractivity contribution in [2.45, 2.75) is 33.3 Å². The number of hydrogen-bond donors (Lipinski definition) is 2. The third kappa shape index (κ3) is 6.37. The number of nitrogens with zero attached hydrogens (tertiary/aromatic N) is 3. The van der Waals surface area contributed by atoms with E-state index in [1.165, 1.54) is 18.2 Å². The number of nitrogens with one attached hydrogen (secondary N) is 2. The first-order valence-electron chi connectivity index (χ1n) is 9.21. The van der Waals surface area contributed by atoms with Crippen LogP contribution < -0.4 is 20.3 Å². The van der Waals surface area contributed by atoms with Crippen LogP contribution in [0.15, 0.2) is 30.5 Å². The number of rotatable bonds is 8. The maximum Gasteiger partial charge on any atom is 0.331 e. The van der Waals surface area contributed by atoms with Crippen molar-refractivity contribution in [1.29, 1.82) is 0 Å². The van der Waals surface area contributed by atoms with Crippen molar-refractivity contribution in [2.24, 2.45) is 0 Å². The summed E-state index contributed by atoms with van der Waals surface area (Å²) < 4.78 is 33.0. The Bertz CT molecular complexity index is 830. The Kier molecular flexibility index (Phi) is 8.26. The predicted molar refractivity (Wildman–Crippen MR) is 103 cm³/mol. The molecule has 0 aliphatic rings. The molecule has 2 rings (SSSR count). The lowest BCUT2D eigenvalue weighted by atomic mass is 10.2. The van der Waals surface area contributed by atoms with E-state index in [0.717, 1.165) is 6.20 Å². The molecule has 1 aromatic heterocycles. The highest BCUT2D eigenvalue weighted by molar-refractivity contribution is 6.12. The van der Waals surface area contributed by atoms with Gasteiger partial charge in [-0.2, -0.15) is 9.88 Å². The van der Waals surface area contributed by atoms with Crippen molar-refractivity contribution < 1.29 is 23.1 Å². The van der Waals surface area contributed by atoms with Gasteiger partial charge in [-0.1, -0.05) is 26.0 Å². The minimum atomic E-state index is -0.971. The quantitative estimate of drug-likeness (QED) is 0.699. The van der Waals surface area contributed by atoms with Crippen LogP contribution in [0.4, 0.5) is 24.2 Å². The Balaban J connectivity index is 2.25. The summed E-state index contributed by atoms with van der Waals surface area (Å²) in [5.74, 6) is -1.95. The molecule has 1 heterocycles. The summed E-state index contributed by atoms with van der Waals surface area (Å²) in [6.45, 7) is 4.20. The molecular formula is C19H23F2N5O3. The first kappa shape index (κ1) is 22.0. The number of halogens is 2. The van der Waals surface area contributed by atoms with Gasteiger partial charge in [0.05, 0.1) is 6.20 Å². The van der Waals surface area contributed by atoms with Crippen molar-refractivity contribution >= 4 is 17.9 Å². The first-order valence-corrected chi connectivity index (χ1v) is 9.21. The normalized spacial score (nSPS) is 10.3. The van der Waals surface area contributed by atoms with Gasteiger partial charge in [-0.3, -0.25) is 0 Å². The third-order valence-corrected chi connectivity index (χ3v) is 3.63. The van der Waals surface area contributed by atoms with E-state index >= 15 is 0 Å². The molecule has 0 radical (unpaired) electrons. The van der Waals surface area contributed by atoms with E-state index in [2.05, 4.69) is 20.6 Å². The number of hydrogen-bond acceptors (Lipinski definition) is 5. The Labute approximate surface area is 167 Å². The van der Waals surface area contributed by atoms with E-state index in [9.17, 15) is 18.4 Å². The van der Waals surface area contributed by atoms with Crippen LogP contribution in [0.2, 0.25) is 0 Å². The molecule has 2 aromatic rings. The van der Waals surface area contributed by atoms with Gasteiger partial charge in [0.25, 0.3) is 0 Å². The predicted octanol–water partition coefficient (Wildman–Crippen LogP) is 3.38. The highest BCUT2D eigenvalue weighted by atomic mass is 19.1. The second kappa shape index (κ2) is 10.9. The van der Waals surface area contributed by atoms with Crippen LogP contribution in [0.5, 0.6) is 6.01 Å². The van der Waals surface area contributed by atoms with Crippen LogP contribution in [0, 0.1) is 11.6 Å². The number of anilines is 1. The van der Waals surface area contributed by atoms with Crippen LogP contribution >= 0.6 is 0 Å². The van der Waals surface area contributed by atoms with E-state index in [0.29, 0.717) is 36.4 Å². The number of carbonyl (C=O) groups excluding carboxylic acids is 2. The van der Waals surface area contributed by atoms with Gasteiger partial charge in [0.2, 0.25) is 0 Å². The number of benzene rings is 1. The van der Waals surface area contributed by atoms with Gasteiger partial charge in [-0.25, -0.2) is 23.4 Å². The van der Waals surface area contributed by atoms with Gasteiger partial charge in [0.1, 0.15) is 12.4 Å². The number of aromatic nitrogens is 2. The Morgan fingerprint density at radius 1 is 1.10 bits per heavy atom. The lowest BCUT2D eigenvalue weighted by Gasteiger charge is -2.21. The summed E-state index contributed by atoms with van der Waals surface area (Å²) in [6, 6.07) is 3.80. The summed E-state index contributed by atoms with van der Waals surface area (Å²) >= 11 is 0. The van der Waals surface area contributed by atoms with Gasteiger partial charge in [0, 0.05) is 13.1 Å². The summed E-state index contributed by atoms with van der Waals surface area (Å²) in [5, 5.41) is 5.03. The molecule has 0 saturated carbocycles. The van der Waals surface area contributed by atoms with Crippen molar-refractivity contribution in [3.8, 4) is 6.01 Å². The topological polar surface area (TPSA) is 96.5 Å². The van der Waals surface area contributed by atoms with Gasteiger partial charge in [0.15, 0.2) is 11.6 Å². The monoisotopic (exact) mass is 407 g/mol. The van der Waals surface area contributed by atoms with E-state index in [-0.39, 0.29) is 12.6 Å². The zero-order valence-electron chi connectivity index (χ0n) is 16.2. The largest absolute Gasteiger partial charge is 0.459 e. The minimum absolute atomic E-state index is 0.0765. The standard InChI is InChI=1S/C19H23F2N5O3/c1-3-8-22-18(27)26(19(28)23-9-4-2)16-15(21)11-24-17(25-16)29-12-13-6-5-7-14(20)10-13/h5-7,10-11H,3-4,8-9,12H2,1-2H3,(H,22,27)(H,23,28). The van der Waals surface area contributed by atoms with Crippen LogP contribution in [0.25, 0.3) is 0 Å². The van der Waals surface area contributed by atoms with Crippen molar-refractivity contribution in [1.82, 2.24) is 20.6 Å². The molecule has 1 aromatic carbocycles. The molecule has 4 amide bonds. The number of ether oxygens (including phenoxy) is 1. The average Bonchev–Trinajstić information content (AvgIpc) is 2.71. The molecule has 8 nitrogen and oxygen atoms in total. The zero-order chi connectivity index (χ0) is 21.2. The molecule has 10 heteroatoms. The lowest BCUT2D eigenvalue weighted by molar-refractivity contribution is 0.233. The highest BCUT2D eigenvalue weighted by Crippen LogP contribution is 2.20. The van der Waals surface area contributed by atoms with Gasteiger partial charge < -0.3 is 15.4 Å². The first-order chi connectivity index (χ1) is 14.0. The van der Waals surface area contributed by atoms with E-state index in [1.807, 2.05) is 13.8 Å². The second-order valence-corrected chi connectivity index (χ2v) is 6.04. The Morgan fingerprint density at radius 3 is 2.34 bits per heavy atom. The van der Waals surface area contributed by atoms with Crippen LogP contribution in [0.3, 0.4) is 0 Å². The Morgan fingerprint density at radius 2 is 1.76 bits per heavy atom. The smallest absolute Gasteiger partial charge is 0.331 e. The molecule has 0 bridgehead atoms. The lowest BCUT2D eigenvalue weighted by Crippen LogP contribution is -2.50. The van der Waals surface area contributed by atoms with Crippen molar-refractivity contribution in [3.05, 3.63) is 47.7 Å². The van der Waals surface area contributed by atoms with E-state index < -0.39 is 29.5 Å². The van der Waals surface area contributed by atoms with Crippen LogP contribution in [-0.2, 0) is 6.61 Å². The third-order valence-electron chi connectivity index (χ3n) is 3.63. The average molecular weight is 407 g/mol. The molecule has 0 unspecified atom stereocenters. The summed E-state index contributed by atoms with van der Waals surface area (Å²) in [6.07, 6.45) is 2.06. The highest BCUT2D eigenvalue weighted by Gasteiger charge is 2.28. The molecule has 2 N–H and O–H groups in total. The van der Waals surface area contributed by atoms with Gasteiger partial charge in [-0.15, -0.1) is 0 Å². The molecule has 0 aliphatic carbocycles. The van der Waals surface area contributed by atoms with Crippen LogP contribution in [-0.4, -0.2) is 35.1 Å². The molecule has 0 fully saturated rings. The van der Waals surface area contributed by atoms with E-state index in [4.69, 9.17) is 4.74 Å². The SMILES string of the molecule is CCCNC(=O)N(C(=O)NCCC)c1nc(OCc2cccc(F)c2)ncc1F. The fraction of sp³-hybridized carbons (Fsp3) is 0.368. The zero-order valence-corrected chi connectivity index (χ0v) is 16.2. The summed E-state index contributed by atoms with van der Waals surface area (Å²) in [7, 11) is 0. The molecule has 156 valence electrons. The number of urea groups is 2. The number of amides is 4. The summed E-state index contributed by atoms with van der Waals surface area (Å²) in [4.78, 5) is 33.0. The molecule has 0 saturated heterocycles. The van der Waals surface area contributed by atoms with E-state index in [1.54, 1.807) is 6.07 Å². The fourth-order valence-corrected chi connectivity index (χ4v) is 2.25. The maximum atomic E-state index is 14.4. The maximum absolute atomic E-state index is 14.4. The molecule has 0 atom stereocenters. The van der Waals surface area contributed by atoms with Crippen molar-refractivity contribution in [3.63, 3.8) is 0 Å². The van der Waals surface area contributed by atoms with Crippen molar-refractivity contribution in [2.75, 3.05) is 18.0 Å². The number of imide groups is 1. The minimum Gasteiger partial charge on any atom is -0.459 e. The Hall–Kier alpha value is -3.30. The molecule has 0 spiro atoms. The van der Waals surface area contributed by atoms with Crippen LogP contribution in [0.1, 0.15) is 32.3 Å². The fourth-order valence-electron chi connectivity index (χ4n) is 2.25.